The van der Waals surface area contributed by atoms with E-state index in [4.69, 9.17) is 0 Å². The van der Waals surface area contributed by atoms with E-state index in [9.17, 15) is 9.18 Å². The van der Waals surface area contributed by atoms with Crippen LogP contribution in [-0.4, -0.2) is 10.5 Å². The molecule has 0 aliphatic rings. The fraction of sp³-hybridized carbons (Fsp3) is 0.190. The molecule has 2 aromatic carbocycles. The van der Waals surface area contributed by atoms with E-state index in [0.29, 0.717) is 17.9 Å². The highest BCUT2D eigenvalue weighted by Crippen LogP contribution is 2.19. The van der Waals surface area contributed by atoms with Gasteiger partial charge < -0.3 is 9.88 Å². The van der Waals surface area contributed by atoms with Crippen molar-refractivity contribution >= 4 is 11.6 Å². The molecular weight excluding hydrogens is 315 g/mol. The SMILES string of the molecule is Cc1ccc(Cn2c(C)cc(C)c2C(=O)Nc2ccc(F)cc2)cc1. The first-order valence-electron chi connectivity index (χ1n) is 8.23. The van der Waals surface area contributed by atoms with E-state index in [1.54, 1.807) is 12.1 Å². The summed E-state index contributed by atoms with van der Waals surface area (Å²) >= 11 is 0. The zero-order valence-electron chi connectivity index (χ0n) is 14.6. The largest absolute Gasteiger partial charge is 0.336 e. The van der Waals surface area contributed by atoms with Gasteiger partial charge in [0.2, 0.25) is 0 Å². The lowest BCUT2D eigenvalue weighted by Crippen LogP contribution is -2.19. The summed E-state index contributed by atoms with van der Waals surface area (Å²) in [4.78, 5) is 12.8. The number of halogens is 1. The Kier molecular flexibility index (Phi) is 4.70. The molecule has 1 aromatic heterocycles. The number of aryl methyl sites for hydroxylation is 3. The predicted molar refractivity (Wildman–Crippen MR) is 98.5 cm³/mol. The maximum Gasteiger partial charge on any atom is 0.272 e. The molecule has 0 aliphatic carbocycles. The zero-order valence-corrected chi connectivity index (χ0v) is 14.6. The van der Waals surface area contributed by atoms with Crippen LogP contribution in [0.25, 0.3) is 0 Å². The van der Waals surface area contributed by atoms with Crippen molar-refractivity contribution < 1.29 is 9.18 Å². The molecular formula is C21H21FN2O. The molecule has 3 aromatic rings. The van der Waals surface area contributed by atoms with Crippen LogP contribution >= 0.6 is 0 Å². The molecule has 3 rings (SSSR count). The number of amides is 1. The minimum atomic E-state index is -0.326. The van der Waals surface area contributed by atoms with E-state index >= 15 is 0 Å². The fourth-order valence-corrected chi connectivity index (χ4v) is 2.95. The molecule has 0 fully saturated rings. The third-order valence-electron chi connectivity index (χ3n) is 4.27. The van der Waals surface area contributed by atoms with Crippen molar-refractivity contribution in [3.8, 4) is 0 Å². The summed E-state index contributed by atoms with van der Waals surface area (Å²) in [5.41, 5.74) is 5.50. The third kappa shape index (κ3) is 3.79. The average Bonchev–Trinajstić information content (AvgIpc) is 2.85. The standard InChI is InChI=1S/C21H21FN2O/c1-14-4-6-17(7-5-14)13-24-16(3)12-15(2)20(24)21(25)23-19-10-8-18(22)9-11-19/h4-12H,13H2,1-3H3,(H,23,25). The second-order valence-corrected chi connectivity index (χ2v) is 6.35. The molecule has 1 N–H and O–H groups in total. The van der Waals surface area contributed by atoms with Crippen LogP contribution in [0.4, 0.5) is 10.1 Å². The Morgan fingerprint density at radius 1 is 1.00 bits per heavy atom. The van der Waals surface area contributed by atoms with E-state index in [0.717, 1.165) is 16.8 Å². The second-order valence-electron chi connectivity index (χ2n) is 6.35. The Hall–Kier alpha value is -2.88. The Bertz CT molecular complexity index is 893. The number of hydrogen-bond acceptors (Lipinski definition) is 1. The van der Waals surface area contributed by atoms with Crippen molar-refractivity contribution in [2.45, 2.75) is 27.3 Å². The van der Waals surface area contributed by atoms with Crippen molar-refractivity contribution in [3.05, 3.63) is 88.5 Å². The van der Waals surface area contributed by atoms with Gasteiger partial charge in [0.05, 0.1) is 0 Å². The Balaban J connectivity index is 1.88. The van der Waals surface area contributed by atoms with Crippen molar-refractivity contribution in [1.82, 2.24) is 4.57 Å². The number of anilines is 1. The van der Waals surface area contributed by atoms with Gasteiger partial charge in [-0.1, -0.05) is 29.8 Å². The van der Waals surface area contributed by atoms with Gasteiger partial charge in [-0.05, 0) is 62.2 Å². The van der Waals surface area contributed by atoms with Crippen LogP contribution in [0.5, 0.6) is 0 Å². The molecule has 25 heavy (non-hydrogen) atoms. The number of nitrogens with zero attached hydrogens (tertiary/aromatic N) is 1. The van der Waals surface area contributed by atoms with Crippen molar-refractivity contribution in [1.29, 1.82) is 0 Å². The molecule has 0 radical (unpaired) electrons. The first kappa shape index (κ1) is 17.0. The summed E-state index contributed by atoms with van der Waals surface area (Å²) in [7, 11) is 0. The molecule has 0 saturated heterocycles. The first-order valence-corrected chi connectivity index (χ1v) is 8.23. The highest BCUT2D eigenvalue weighted by molar-refractivity contribution is 6.04. The van der Waals surface area contributed by atoms with Crippen LogP contribution in [0.1, 0.15) is 32.9 Å². The Morgan fingerprint density at radius 3 is 2.28 bits per heavy atom. The molecule has 0 aliphatic heterocycles. The van der Waals surface area contributed by atoms with Crippen LogP contribution in [0.2, 0.25) is 0 Å². The minimum Gasteiger partial charge on any atom is -0.336 e. The lowest BCUT2D eigenvalue weighted by molar-refractivity contribution is 0.101. The maximum absolute atomic E-state index is 13.0. The summed E-state index contributed by atoms with van der Waals surface area (Å²) in [6, 6.07) is 16.1. The molecule has 3 nitrogen and oxygen atoms in total. The Morgan fingerprint density at radius 2 is 1.64 bits per heavy atom. The summed E-state index contributed by atoms with van der Waals surface area (Å²) in [5, 5.41) is 2.85. The zero-order chi connectivity index (χ0) is 18.0. The van der Waals surface area contributed by atoms with Crippen molar-refractivity contribution in [2.24, 2.45) is 0 Å². The van der Waals surface area contributed by atoms with Crippen LogP contribution < -0.4 is 5.32 Å². The first-order chi connectivity index (χ1) is 11.9. The van der Waals surface area contributed by atoms with E-state index in [2.05, 4.69) is 36.5 Å². The van der Waals surface area contributed by atoms with Gasteiger partial charge in [-0.2, -0.15) is 0 Å². The molecule has 0 spiro atoms. The molecule has 0 unspecified atom stereocenters. The monoisotopic (exact) mass is 336 g/mol. The van der Waals surface area contributed by atoms with E-state index < -0.39 is 0 Å². The number of hydrogen-bond donors (Lipinski definition) is 1. The average molecular weight is 336 g/mol. The van der Waals surface area contributed by atoms with Gasteiger partial charge >= 0.3 is 0 Å². The topological polar surface area (TPSA) is 34.0 Å². The summed E-state index contributed by atoms with van der Waals surface area (Å²) < 4.78 is 15.0. The molecule has 1 amide bonds. The van der Waals surface area contributed by atoms with Gasteiger partial charge in [0.25, 0.3) is 5.91 Å². The molecule has 0 atom stereocenters. The van der Waals surface area contributed by atoms with Crippen LogP contribution in [-0.2, 0) is 6.54 Å². The normalized spacial score (nSPS) is 10.7. The van der Waals surface area contributed by atoms with Crippen molar-refractivity contribution in [3.63, 3.8) is 0 Å². The molecule has 0 saturated carbocycles. The molecule has 1 heterocycles. The highest BCUT2D eigenvalue weighted by atomic mass is 19.1. The van der Waals surface area contributed by atoms with Gasteiger partial charge in [0, 0.05) is 17.9 Å². The van der Waals surface area contributed by atoms with Gasteiger partial charge in [0.1, 0.15) is 11.5 Å². The summed E-state index contributed by atoms with van der Waals surface area (Å²) in [6.45, 7) is 6.61. The number of nitrogens with one attached hydrogen (secondary N) is 1. The van der Waals surface area contributed by atoms with Crippen LogP contribution in [0, 0.1) is 26.6 Å². The third-order valence-corrected chi connectivity index (χ3v) is 4.27. The van der Waals surface area contributed by atoms with Crippen molar-refractivity contribution in [2.75, 3.05) is 5.32 Å². The number of rotatable bonds is 4. The fourth-order valence-electron chi connectivity index (χ4n) is 2.95. The lowest BCUT2D eigenvalue weighted by Gasteiger charge is -2.13. The van der Waals surface area contributed by atoms with E-state index in [1.165, 1.54) is 17.7 Å². The van der Waals surface area contributed by atoms with Crippen LogP contribution in [0.3, 0.4) is 0 Å². The lowest BCUT2D eigenvalue weighted by atomic mass is 10.1. The number of carbonyl (C=O) groups excluding carboxylic acids is 1. The Labute approximate surface area is 147 Å². The molecule has 4 heteroatoms. The number of carbonyl (C=O) groups is 1. The number of aromatic nitrogens is 1. The van der Waals surface area contributed by atoms with Gasteiger partial charge in [-0.25, -0.2) is 4.39 Å². The van der Waals surface area contributed by atoms with Gasteiger partial charge in [-0.15, -0.1) is 0 Å². The highest BCUT2D eigenvalue weighted by Gasteiger charge is 2.18. The molecule has 128 valence electrons. The number of benzene rings is 2. The minimum absolute atomic E-state index is 0.190. The van der Waals surface area contributed by atoms with Gasteiger partial charge in [0.15, 0.2) is 0 Å². The predicted octanol–water partition coefficient (Wildman–Crippen LogP) is 4.85. The smallest absolute Gasteiger partial charge is 0.272 e. The quantitative estimate of drug-likeness (QED) is 0.726. The maximum atomic E-state index is 13.0. The molecule has 0 bridgehead atoms. The van der Waals surface area contributed by atoms with Crippen LogP contribution in [0.15, 0.2) is 54.6 Å². The van der Waals surface area contributed by atoms with E-state index in [-0.39, 0.29) is 11.7 Å². The summed E-state index contributed by atoms with van der Waals surface area (Å²) in [6.07, 6.45) is 0. The summed E-state index contributed by atoms with van der Waals surface area (Å²) in [5.74, 6) is -0.517. The van der Waals surface area contributed by atoms with Gasteiger partial charge in [-0.3, -0.25) is 4.79 Å². The second kappa shape index (κ2) is 6.93. The van der Waals surface area contributed by atoms with E-state index in [1.807, 2.05) is 24.5 Å².